The molecule has 0 spiro atoms. The molecule has 6 rings (SSSR count). The van der Waals surface area contributed by atoms with Gasteiger partial charge in [-0.25, -0.2) is 9.97 Å². The molecule has 268 valence electrons. The molecule has 2 aromatic heterocycles. The summed E-state index contributed by atoms with van der Waals surface area (Å²) in [5, 5.41) is 9.31. The van der Waals surface area contributed by atoms with E-state index in [4.69, 9.17) is 0 Å². The highest BCUT2D eigenvalue weighted by Crippen LogP contribution is 2.35. The second-order valence-corrected chi connectivity index (χ2v) is 15.6. The molecule has 2 aliphatic heterocycles. The highest BCUT2D eigenvalue weighted by Gasteiger charge is 2.39. The van der Waals surface area contributed by atoms with Crippen molar-refractivity contribution in [2.45, 2.75) is 64.0 Å². The summed E-state index contributed by atoms with van der Waals surface area (Å²) in [6.07, 6.45) is 1.21. The summed E-state index contributed by atoms with van der Waals surface area (Å²) in [5.41, 5.74) is 2.74. The van der Waals surface area contributed by atoms with E-state index in [1.807, 2.05) is 36.4 Å². The highest BCUT2D eigenvalue weighted by molar-refractivity contribution is 7.14. The fourth-order valence-electron chi connectivity index (χ4n) is 6.66. The Morgan fingerprint density at radius 3 is 2.08 bits per heavy atom. The number of piperidine rings is 1. The van der Waals surface area contributed by atoms with Crippen molar-refractivity contribution in [3.8, 4) is 11.4 Å². The van der Waals surface area contributed by atoms with Crippen LogP contribution in [0.1, 0.15) is 77.2 Å². The zero-order valence-electron chi connectivity index (χ0n) is 28.8. The number of alkyl halides is 3. The standard InChI is InChI=1S/C39H41F3N4O4S/c1-38(2,3)34-13-12-33(51-34)32(47)19-28(36(48)46-22-29(23-46)37(49)50)18-24-4-6-27(7-5-24)35-43-20-31(21-44-35)45-16-14-26(15-17-45)25-8-10-30(11-9-25)39(40,41)42/h4-13,20-21,26,28-29H,14-19,22-23H2,1-3H3,(H,49,50)/t28-/m1/s1. The molecule has 0 aliphatic carbocycles. The van der Waals surface area contributed by atoms with Crippen molar-refractivity contribution in [1.29, 1.82) is 0 Å². The number of carbonyl (C=O) groups is 3. The van der Waals surface area contributed by atoms with Crippen LogP contribution in [-0.2, 0) is 27.6 Å². The van der Waals surface area contributed by atoms with Gasteiger partial charge in [0, 0.05) is 49.0 Å². The van der Waals surface area contributed by atoms with Crippen LogP contribution in [0.15, 0.2) is 73.1 Å². The first-order chi connectivity index (χ1) is 24.2. The molecule has 0 bridgehead atoms. The number of hydrogen-bond acceptors (Lipinski definition) is 7. The summed E-state index contributed by atoms with van der Waals surface area (Å²) in [7, 11) is 0. The average Bonchev–Trinajstić information content (AvgIpc) is 3.59. The van der Waals surface area contributed by atoms with Crippen molar-refractivity contribution in [2.24, 2.45) is 11.8 Å². The second kappa shape index (κ2) is 14.6. The third kappa shape index (κ3) is 8.49. The largest absolute Gasteiger partial charge is 0.481 e. The van der Waals surface area contributed by atoms with Gasteiger partial charge in [0.1, 0.15) is 0 Å². The van der Waals surface area contributed by atoms with Crippen molar-refractivity contribution in [2.75, 3.05) is 31.1 Å². The van der Waals surface area contributed by atoms with E-state index in [2.05, 4.69) is 35.6 Å². The number of Topliss-reactive ketones (excluding diaryl/α,β-unsaturated/α-hetero) is 1. The van der Waals surface area contributed by atoms with E-state index in [0.29, 0.717) is 17.1 Å². The first-order valence-electron chi connectivity index (χ1n) is 17.1. The molecule has 2 fully saturated rings. The Labute approximate surface area is 299 Å². The lowest BCUT2D eigenvalue weighted by atomic mass is 9.89. The Hall–Kier alpha value is -4.58. The van der Waals surface area contributed by atoms with Crippen LogP contribution in [0.3, 0.4) is 0 Å². The van der Waals surface area contributed by atoms with E-state index in [-0.39, 0.29) is 42.5 Å². The predicted octanol–water partition coefficient (Wildman–Crippen LogP) is 7.88. The molecule has 2 aromatic carbocycles. The first kappa shape index (κ1) is 36.2. The number of halogens is 3. The minimum Gasteiger partial charge on any atom is -0.481 e. The maximum Gasteiger partial charge on any atom is 0.416 e. The Balaban J connectivity index is 1.08. The van der Waals surface area contributed by atoms with Crippen LogP contribution >= 0.6 is 11.3 Å². The number of anilines is 1. The van der Waals surface area contributed by atoms with Crippen molar-refractivity contribution in [3.05, 3.63) is 99.5 Å². The molecule has 4 heterocycles. The molecule has 0 saturated carbocycles. The molecular weight excluding hydrogens is 678 g/mol. The number of carboxylic acid groups (broad SMARTS) is 1. The number of likely N-dealkylation sites (tertiary alicyclic amines) is 1. The molecule has 8 nitrogen and oxygen atoms in total. The normalized spacial score (nSPS) is 16.5. The van der Waals surface area contributed by atoms with Gasteiger partial charge in [-0.05, 0) is 66.0 Å². The summed E-state index contributed by atoms with van der Waals surface area (Å²) in [6, 6.07) is 16.8. The maximum absolute atomic E-state index is 13.5. The van der Waals surface area contributed by atoms with Gasteiger partial charge in [0.15, 0.2) is 11.6 Å². The number of benzene rings is 2. The van der Waals surface area contributed by atoms with Crippen LogP contribution in [0.5, 0.6) is 0 Å². The number of hydrogen-bond donors (Lipinski definition) is 1. The van der Waals surface area contributed by atoms with E-state index in [9.17, 15) is 32.7 Å². The lowest BCUT2D eigenvalue weighted by molar-refractivity contribution is -0.154. The molecule has 51 heavy (non-hydrogen) atoms. The number of carbonyl (C=O) groups excluding carboxylic acids is 2. The molecule has 0 unspecified atom stereocenters. The van der Waals surface area contributed by atoms with Crippen LogP contribution < -0.4 is 4.90 Å². The number of aliphatic carboxylic acids is 1. The van der Waals surface area contributed by atoms with E-state index < -0.39 is 29.5 Å². The molecule has 2 saturated heterocycles. The summed E-state index contributed by atoms with van der Waals surface area (Å²) in [5.74, 6) is -1.70. The Morgan fingerprint density at radius 1 is 0.902 bits per heavy atom. The summed E-state index contributed by atoms with van der Waals surface area (Å²) < 4.78 is 38.9. The van der Waals surface area contributed by atoms with Gasteiger partial charge >= 0.3 is 12.1 Å². The number of aromatic nitrogens is 2. The number of thiophene rings is 1. The Bertz CT molecular complexity index is 1850. The van der Waals surface area contributed by atoms with Crippen LogP contribution in [0.4, 0.5) is 18.9 Å². The lowest BCUT2D eigenvalue weighted by Crippen LogP contribution is -2.55. The lowest BCUT2D eigenvalue weighted by Gasteiger charge is -2.38. The van der Waals surface area contributed by atoms with Gasteiger partial charge in [-0.2, -0.15) is 13.2 Å². The molecule has 1 atom stereocenters. The minimum absolute atomic E-state index is 0.0328. The topological polar surface area (TPSA) is 104 Å². The van der Waals surface area contributed by atoms with Crippen molar-refractivity contribution >= 4 is 34.7 Å². The molecule has 12 heteroatoms. The van der Waals surface area contributed by atoms with Gasteiger partial charge in [0.2, 0.25) is 5.91 Å². The van der Waals surface area contributed by atoms with Crippen LogP contribution in [0, 0.1) is 11.8 Å². The average molecular weight is 719 g/mol. The molecule has 1 N–H and O–H groups in total. The van der Waals surface area contributed by atoms with Crippen molar-refractivity contribution in [1.82, 2.24) is 14.9 Å². The third-order valence-electron chi connectivity index (χ3n) is 9.85. The van der Waals surface area contributed by atoms with Gasteiger partial charge in [0.25, 0.3) is 0 Å². The highest BCUT2D eigenvalue weighted by atomic mass is 32.1. The second-order valence-electron chi connectivity index (χ2n) is 14.6. The van der Waals surface area contributed by atoms with Gasteiger partial charge in [-0.3, -0.25) is 14.4 Å². The van der Waals surface area contributed by atoms with Gasteiger partial charge < -0.3 is 14.9 Å². The number of amides is 1. The summed E-state index contributed by atoms with van der Waals surface area (Å²) in [4.78, 5) is 52.9. The third-order valence-corrected chi connectivity index (χ3v) is 11.4. The van der Waals surface area contributed by atoms with E-state index >= 15 is 0 Å². The van der Waals surface area contributed by atoms with Gasteiger partial charge in [0.05, 0.1) is 34.4 Å². The summed E-state index contributed by atoms with van der Waals surface area (Å²) >= 11 is 1.45. The quantitative estimate of drug-likeness (QED) is 0.167. The monoisotopic (exact) mass is 718 g/mol. The zero-order chi connectivity index (χ0) is 36.5. The van der Waals surface area contributed by atoms with E-state index in [1.165, 1.54) is 16.2 Å². The maximum atomic E-state index is 13.5. The van der Waals surface area contributed by atoms with Crippen LogP contribution in [0.25, 0.3) is 11.4 Å². The molecule has 0 radical (unpaired) electrons. The first-order valence-corrected chi connectivity index (χ1v) is 18.0. The number of carboxylic acids is 1. The Kier molecular flexibility index (Phi) is 10.3. The SMILES string of the molecule is CC(C)(C)c1ccc(C(=O)C[C@@H](Cc2ccc(-c3ncc(N4CCC(c5ccc(C(F)(F)F)cc5)CC4)cn3)cc2)C(=O)N2CC(C(=O)O)C2)s1. The van der Waals surface area contributed by atoms with Crippen molar-refractivity contribution in [3.63, 3.8) is 0 Å². The minimum atomic E-state index is -4.34. The van der Waals surface area contributed by atoms with Gasteiger partial charge in [-0.1, -0.05) is 57.2 Å². The smallest absolute Gasteiger partial charge is 0.416 e. The summed E-state index contributed by atoms with van der Waals surface area (Å²) in [6.45, 7) is 8.04. The number of ketones is 1. The Morgan fingerprint density at radius 2 is 1.53 bits per heavy atom. The van der Waals surface area contributed by atoms with Crippen molar-refractivity contribution < 1.29 is 32.7 Å². The van der Waals surface area contributed by atoms with E-state index in [1.54, 1.807) is 24.5 Å². The van der Waals surface area contributed by atoms with Crippen LogP contribution in [-0.4, -0.2) is 63.8 Å². The molecule has 2 aliphatic rings. The predicted molar refractivity (Wildman–Crippen MR) is 190 cm³/mol. The fraction of sp³-hybridized carbons (Fsp3) is 0.410. The fourth-order valence-corrected chi connectivity index (χ4v) is 7.67. The van der Waals surface area contributed by atoms with Crippen LogP contribution in [0.2, 0.25) is 0 Å². The number of rotatable bonds is 10. The molecular formula is C39H41F3N4O4S. The van der Waals surface area contributed by atoms with E-state index in [0.717, 1.165) is 65.3 Å². The molecule has 4 aromatic rings. The number of nitrogens with zero attached hydrogens (tertiary/aromatic N) is 4. The zero-order valence-corrected chi connectivity index (χ0v) is 29.6. The van der Waals surface area contributed by atoms with Gasteiger partial charge in [-0.15, -0.1) is 11.3 Å². The molecule has 1 amide bonds.